The molecule has 0 heterocycles. The standard InChI is InChI=1S/C7H6O2.CH4/c1-5-3-2-4-6(5)7(8)9;/h2-4H,1H2,(H,8,9);1H4. The van der Waals surface area contributed by atoms with Gasteiger partial charge in [0.05, 0.1) is 5.57 Å². The third-order valence-corrected chi connectivity index (χ3v) is 1.14. The Morgan fingerprint density at radius 1 is 1.60 bits per heavy atom. The van der Waals surface area contributed by atoms with Gasteiger partial charge in [-0.1, -0.05) is 26.2 Å². The molecule has 0 aromatic carbocycles. The average molecular weight is 138 g/mol. The summed E-state index contributed by atoms with van der Waals surface area (Å²) in [5.41, 5.74) is 0.859. The van der Waals surface area contributed by atoms with E-state index in [9.17, 15) is 4.79 Å². The zero-order valence-corrected chi connectivity index (χ0v) is 4.79. The SMILES string of the molecule is C.C=C1C=CC=C1C(=O)O. The second kappa shape index (κ2) is 3.01. The predicted molar refractivity (Wildman–Crippen MR) is 40.7 cm³/mol. The summed E-state index contributed by atoms with van der Waals surface area (Å²) in [4.78, 5) is 10.2. The minimum atomic E-state index is -0.912. The van der Waals surface area contributed by atoms with Crippen LogP contribution < -0.4 is 0 Å². The lowest BCUT2D eigenvalue weighted by atomic mass is 10.2. The molecule has 0 aromatic rings. The van der Waals surface area contributed by atoms with Crippen LogP contribution in [0, 0.1) is 0 Å². The number of rotatable bonds is 1. The van der Waals surface area contributed by atoms with Gasteiger partial charge in [0.25, 0.3) is 0 Å². The molecule has 0 bridgehead atoms. The highest BCUT2D eigenvalue weighted by Crippen LogP contribution is 2.15. The summed E-state index contributed by atoms with van der Waals surface area (Å²) in [7, 11) is 0. The Kier molecular flexibility index (Phi) is 2.62. The van der Waals surface area contributed by atoms with Crippen molar-refractivity contribution in [3.8, 4) is 0 Å². The highest BCUT2D eigenvalue weighted by molar-refractivity contribution is 5.94. The maximum absolute atomic E-state index is 10.2. The topological polar surface area (TPSA) is 37.3 Å². The molecule has 0 fully saturated rings. The molecule has 2 heteroatoms. The van der Waals surface area contributed by atoms with Crippen molar-refractivity contribution in [1.82, 2.24) is 0 Å². The molecule has 0 spiro atoms. The van der Waals surface area contributed by atoms with Gasteiger partial charge in [0.15, 0.2) is 0 Å². The van der Waals surface area contributed by atoms with Crippen molar-refractivity contribution >= 4 is 5.97 Å². The van der Waals surface area contributed by atoms with Gasteiger partial charge in [0.1, 0.15) is 0 Å². The lowest BCUT2D eigenvalue weighted by molar-refractivity contribution is -0.132. The summed E-state index contributed by atoms with van der Waals surface area (Å²) in [6.07, 6.45) is 4.87. The Bertz CT molecular complexity index is 221. The lowest BCUT2D eigenvalue weighted by Crippen LogP contribution is -1.98. The zero-order valence-electron chi connectivity index (χ0n) is 4.79. The molecule has 0 aromatic heterocycles. The average Bonchev–Trinajstić information content (AvgIpc) is 2.13. The van der Waals surface area contributed by atoms with E-state index < -0.39 is 5.97 Å². The summed E-state index contributed by atoms with van der Waals surface area (Å²) in [6, 6.07) is 0. The largest absolute Gasteiger partial charge is 0.478 e. The van der Waals surface area contributed by atoms with Gasteiger partial charge in [-0.2, -0.15) is 0 Å². The molecule has 1 N–H and O–H groups in total. The van der Waals surface area contributed by atoms with Gasteiger partial charge in [0.2, 0.25) is 0 Å². The fourth-order valence-electron chi connectivity index (χ4n) is 0.666. The molecule has 10 heavy (non-hydrogen) atoms. The first-order chi connectivity index (χ1) is 4.22. The first-order valence-corrected chi connectivity index (χ1v) is 2.53. The van der Waals surface area contributed by atoms with Crippen molar-refractivity contribution in [2.45, 2.75) is 7.43 Å². The highest BCUT2D eigenvalue weighted by Gasteiger charge is 2.10. The molecular formula is C8H10O2. The van der Waals surface area contributed by atoms with Crippen LogP contribution in [0.5, 0.6) is 0 Å². The predicted octanol–water partition coefficient (Wildman–Crippen LogP) is 1.76. The summed E-state index contributed by atoms with van der Waals surface area (Å²) >= 11 is 0. The summed E-state index contributed by atoms with van der Waals surface area (Å²) in [5.74, 6) is -0.912. The zero-order chi connectivity index (χ0) is 6.85. The molecular weight excluding hydrogens is 128 g/mol. The van der Waals surface area contributed by atoms with E-state index >= 15 is 0 Å². The molecule has 0 aliphatic heterocycles. The molecule has 0 unspecified atom stereocenters. The Balaban J connectivity index is 0.000000810. The van der Waals surface area contributed by atoms with E-state index in [0.29, 0.717) is 5.57 Å². The van der Waals surface area contributed by atoms with E-state index in [-0.39, 0.29) is 13.0 Å². The number of carboxylic acids is 1. The molecule has 0 saturated carbocycles. The van der Waals surface area contributed by atoms with Crippen molar-refractivity contribution in [3.63, 3.8) is 0 Å². The first kappa shape index (κ1) is 8.69. The molecule has 0 radical (unpaired) electrons. The first-order valence-electron chi connectivity index (χ1n) is 2.53. The number of carboxylic acid groups (broad SMARTS) is 1. The molecule has 54 valence electrons. The van der Waals surface area contributed by atoms with Crippen molar-refractivity contribution in [2.24, 2.45) is 0 Å². The molecule has 1 aliphatic carbocycles. The van der Waals surface area contributed by atoms with Crippen molar-refractivity contribution < 1.29 is 9.90 Å². The Hall–Kier alpha value is -1.31. The summed E-state index contributed by atoms with van der Waals surface area (Å²) in [6.45, 7) is 3.52. The Labute approximate surface area is 60.2 Å². The summed E-state index contributed by atoms with van der Waals surface area (Å²) in [5, 5.41) is 8.41. The third-order valence-electron chi connectivity index (χ3n) is 1.14. The highest BCUT2D eigenvalue weighted by atomic mass is 16.4. The Morgan fingerprint density at radius 3 is 2.40 bits per heavy atom. The van der Waals surface area contributed by atoms with E-state index in [4.69, 9.17) is 5.11 Å². The summed E-state index contributed by atoms with van der Waals surface area (Å²) < 4.78 is 0. The van der Waals surface area contributed by atoms with E-state index in [0.717, 1.165) is 0 Å². The number of hydrogen-bond acceptors (Lipinski definition) is 1. The molecule has 1 rings (SSSR count). The van der Waals surface area contributed by atoms with Crippen LogP contribution in [0.4, 0.5) is 0 Å². The maximum Gasteiger partial charge on any atom is 0.336 e. The molecule has 1 aliphatic rings. The smallest absolute Gasteiger partial charge is 0.336 e. The van der Waals surface area contributed by atoms with Gasteiger partial charge >= 0.3 is 5.97 Å². The van der Waals surface area contributed by atoms with Gasteiger partial charge < -0.3 is 5.11 Å². The minimum absolute atomic E-state index is 0. The van der Waals surface area contributed by atoms with Gasteiger partial charge in [-0.15, -0.1) is 0 Å². The number of aliphatic carboxylic acids is 1. The maximum atomic E-state index is 10.2. The number of hydrogen-bond donors (Lipinski definition) is 1. The van der Waals surface area contributed by atoms with Gasteiger partial charge in [0, 0.05) is 0 Å². The van der Waals surface area contributed by atoms with Crippen LogP contribution in [0.1, 0.15) is 7.43 Å². The molecule has 2 nitrogen and oxygen atoms in total. The van der Waals surface area contributed by atoms with Crippen LogP contribution in [0.25, 0.3) is 0 Å². The fraction of sp³-hybridized carbons (Fsp3) is 0.125. The second-order valence-electron chi connectivity index (χ2n) is 1.77. The van der Waals surface area contributed by atoms with Crippen LogP contribution in [0.15, 0.2) is 36.0 Å². The van der Waals surface area contributed by atoms with Crippen LogP contribution in [0.2, 0.25) is 0 Å². The molecule has 0 amide bonds. The van der Waals surface area contributed by atoms with Crippen molar-refractivity contribution in [2.75, 3.05) is 0 Å². The van der Waals surface area contributed by atoms with Crippen molar-refractivity contribution in [1.29, 1.82) is 0 Å². The van der Waals surface area contributed by atoms with Gasteiger partial charge in [-0.3, -0.25) is 0 Å². The monoisotopic (exact) mass is 138 g/mol. The van der Waals surface area contributed by atoms with Gasteiger partial charge in [-0.25, -0.2) is 4.79 Å². The van der Waals surface area contributed by atoms with Crippen LogP contribution in [-0.4, -0.2) is 11.1 Å². The van der Waals surface area contributed by atoms with Crippen LogP contribution in [0.3, 0.4) is 0 Å². The molecule has 0 atom stereocenters. The quantitative estimate of drug-likeness (QED) is 0.599. The lowest BCUT2D eigenvalue weighted by Gasteiger charge is -1.92. The number of carbonyl (C=O) groups is 1. The van der Waals surface area contributed by atoms with E-state index in [1.807, 2.05) is 0 Å². The molecule has 0 saturated heterocycles. The van der Waals surface area contributed by atoms with Gasteiger partial charge in [-0.05, 0) is 11.6 Å². The second-order valence-corrected chi connectivity index (χ2v) is 1.77. The number of allylic oxidation sites excluding steroid dienone is 3. The normalized spacial score (nSPS) is 14.4. The minimum Gasteiger partial charge on any atom is -0.478 e. The fourth-order valence-corrected chi connectivity index (χ4v) is 0.666. The third kappa shape index (κ3) is 1.35. The van der Waals surface area contributed by atoms with Crippen molar-refractivity contribution in [3.05, 3.63) is 36.0 Å². The Morgan fingerprint density at radius 2 is 2.20 bits per heavy atom. The van der Waals surface area contributed by atoms with Crippen LogP contribution in [-0.2, 0) is 4.79 Å². The van der Waals surface area contributed by atoms with E-state index in [1.165, 1.54) is 6.08 Å². The van der Waals surface area contributed by atoms with E-state index in [1.54, 1.807) is 12.2 Å². The van der Waals surface area contributed by atoms with Crippen LogP contribution >= 0.6 is 0 Å². The van der Waals surface area contributed by atoms with E-state index in [2.05, 4.69) is 6.58 Å².